The molecule has 1 fully saturated rings. The third-order valence-corrected chi connectivity index (χ3v) is 7.25. The fourth-order valence-corrected chi connectivity index (χ4v) is 5.67. The summed E-state index contributed by atoms with van der Waals surface area (Å²) in [6.07, 6.45) is 2.12. The zero-order chi connectivity index (χ0) is 19.2. The second-order valence-electron chi connectivity index (χ2n) is 7.14. The number of amides is 1. The molecule has 6 nitrogen and oxygen atoms in total. The monoisotopic (exact) mass is 387 g/mol. The Bertz CT molecular complexity index is 1000. The topological polar surface area (TPSA) is 69.7 Å². The van der Waals surface area contributed by atoms with Crippen LogP contribution in [-0.4, -0.2) is 51.4 Å². The Kier molecular flexibility index (Phi) is 4.70. The van der Waals surface area contributed by atoms with E-state index in [9.17, 15) is 13.2 Å². The molecule has 1 saturated heterocycles. The van der Waals surface area contributed by atoms with Crippen molar-refractivity contribution in [3.05, 3.63) is 35.9 Å². The second kappa shape index (κ2) is 6.89. The zero-order valence-electron chi connectivity index (χ0n) is 15.7. The van der Waals surface area contributed by atoms with Crippen molar-refractivity contribution in [2.45, 2.75) is 37.6 Å². The van der Waals surface area contributed by atoms with E-state index in [1.807, 2.05) is 6.92 Å². The molecule has 1 N–H and O–H groups in total. The molecule has 2 aromatic carbocycles. The summed E-state index contributed by atoms with van der Waals surface area (Å²) < 4.78 is 28.9. The molecule has 0 bridgehead atoms. The van der Waals surface area contributed by atoms with Crippen LogP contribution < -0.4 is 9.62 Å². The molecule has 0 aliphatic carbocycles. The van der Waals surface area contributed by atoms with Gasteiger partial charge in [0.05, 0.1) is 10.6 Å². The molecule has 7 heteroatoms. The minimum Gasteiger partial charge on any atom is -0.308 e. The van der Waals surface area contributed by atoms with Crippen LogP contribution in [0.25, 0.3) is 10.8 Å². The van der Waals surface area contributed by atoms with E-state index in [1.54, 1.807) is 35.2 Å². The predicted molar refractivity (Wildman–Crippen MR) is 107 cm³/mol. The summed E-state index contributed by atoms with van der Waals surface area (Å²) in [5.74, 6) is -0.0647. The van der Waals surface area contributed by atoms with Crippen LogP contribution >= 0.6 is 0 Å². The van der Waals surface area contributed by atoms with E-state index >= 15 is 0 Å². The highest BCUT2D eigenvalue weighted by molar-refractivity contribution is 7.89. The molecule has 27 heavy (non-hydrogen) atoms. The van der Waals surface area contributed by atoms with Gasteiger partial charge >= 0.3 is 0 Å². The SMILES string of the molecule is CCN1C(=O)c2cccc3c(S(=O)(=O)NCC4CCCN4CC)ccc1c23. The summed E-state index contributed by atoms with van der Waals surface area (Å²) in [6, 6.07) is 8.94. The lowest BCUT2D eigenvalue weighted by Crippen LogP contribution is -2.40. The number of nitrogens with one attached hydrogen (secondary N) is 1. The van der Waals surface area contributed by atoms with Gasteiger partial charge < -0.3 is 4.90 Å². The van der Waals surface area contributed by atoms with Crippen LogP contribution in [0.4, 0.5) is 5.69 Å². The summed E-state index contributed by atoms with van der Waals surface area (Å²) in [7, 11) is -3.66. The Labute approximate surface area is 160 Å². The van der Waals surface area contributed by atoms with Crippen molar-refractivity contribution in [3.63, 3.8) is 0 Å². The van der Waals surface area contributed by atoms with Crippen molar-refractivity contribution in [1.82, 2.24) is 9.62 Å². The number of likely N-dealkylation sites (tertiary alicyclic amines) is 1. The number of rotatable bonds is 6. The molecule has 1 unspecified atom stereocenters. The van der Waals surface area contributed by atoms with E-state index in [-0.39, 0.29) is 16.8 Å². The van der Waals surface area contributed by atoms with Crippen LogP contribution in [0.5, 0.6) is 0 Å². The van der Waals surface area contributed by atoms with E-state index in [0.717, 1.165) is 37.0 Å². The maximum Gasteiger partial charge on any atom is 0.258 e. The number of benzene rings is 2. The molecule has 1 atom stereocenters. The number of carbonyl (C=O) groups excluding carboxylic acids is 1. The summed E-state index contributed by atoms with van der Waals surface area (Å²) in [6.45, 7) is 6.96. The molecule has 0 spiro atoms. The average molecular weight is 388 g/mol. The van der Waals surface area contributed by atoms with Gasteiger partial charge in [0.25, 0.3) is 5.91 Å². The molecule has 144 valence electrons. The molecule has 2 aliphatic heterocycles. The number of hydrogen-bond donors (Lipinski definition) is 1. The van der Waals surface area contributed by atoms with Gasteiger partial charge in [0.1, 0.15) is 0 Å². The largest absolute Gasteiger partial charge is 0.308 e. The van der Waals surface area contributed by atoms with Gasteiger partial charge in [-0.05, 0) is 51.1 Å². The minimum absolute atomic E-state index is 0.0647. The Morgan fingerprint density at radius 2 is 1.96 bits per heavy atom. The van der Waals surface area contributed by atoms with Gasteiger partial charge in [-0.25, -0.2) is 13.1 Å². The number of carbonyl (C=O) groups is 1. The van der Waals surface area contributed by atoms with Crippen LogP contribution in [0.15, 0.2) is 35.2 Å². The minimum atomic E-state index is -3.66. The first-order valence-corrected chi connectivity index (χ1v) is 11.1. The Balaban J connectivity index is 1.70. The summed E-state index contributed by atoms with van der Waals surface area (Å²) in [4.78, 5) is 16.8. The lowest BCUT2D eigenvalue weighted by atomic mass is 10.1. The Hall–Kier alpha value is -1.96. The fourth-order valence-electron chi connectivity index (χ4n) is 4.39. The summed E-state index contributed by atoms with van der Waals surface area (Å²) in [5, 5.41) is 1.35. The van der Waals surface area contributed by atoms with Gasteiger partial charge in [0.2, 0.25) is 10.0 Å². The molecule has 0 radical (unpaired) electrons. The van der Waals surface area contributed by atoms with Gasteiger partial charge in [-0.15, -0.1) is 0 Å². The van der Waals surface area contributed by atoms with Crippen molar-refractivity contribution in [1.29, 1.82) is 0 Å². The number of nitrogens with zero attached hydrogens (tertiary/aromatic N) is 2. The number of anilines is 1. The van der Waals surface area contributed by atoms with E-state index in [4.69, 9.17) is 0 Å². The smallest absolute Gasteiger partial charge is 0.258 e. The van der Waals surface area contributed by atoms with Crippen molar-refractivity contribution in [3.8, 4) is 0 Å². The van der Waals surface area contributed by atoms with Crippen molar-refractivity contribution in [2.75, 3.05) is 31.1 Å². The maximum atomic E-state index is 13.0. The predicted octanol–water partition coefficient (Wildman–Crippen LogP) is 2.58. The first-order chi connectivity index (χ1) is 13.0. The van der Waals surface area contributed by atoms with Crippen LogP contribution in [0, 0.1) is 0 Å². The molecule has 0 saturated carbocycles. The molecular weight excluding hydrogens is 362 g/mol. The lowest BCUT2D eigenvalue weighted by molar-refractivity contribution is 0.0994. The third kappa shape index (κ3) is 2.94. The Morgan fingerprint density at radius 3 is 2.70 bits per heavy atom. The molecule has 2 aromatic rings. The highest BCUT2D eigenvalue weighted by Crippen LogP contribution is 2.39. The second-order valence-corrected chi connectivity index (χ2v) is 8.87. The Morgan fingerprint density at radius 1 is 1.15 bits per heavy atom. The fraction of sp³-hybridized carbons (Fsp3) is 0.450. The zero-order valence-corrected chi connectivity index (χ0v) is 16.6. The maximum absolute atomic E-state index is 13.0. The van der Waals surface area contributed by atoms with E-state index < -0.39 is 10.0 Å². The normalized spacial score (nSPS) is 20.1. The summed E-state index contributed by atoms with van der Waals surface area (Å²) >= 11 is 0. The first kappa shape index (κ1) is 18.4. The van der Waals surface area contributed by atoms with Gasteiger partial charge in [-0.3, -0.25) is 9.69 Å². The van der Waals surface area contributed by atoms with Gasteiger partial charge in [0.15, 0.2) is 0 Å². The molecule has 2 heterocycles. The molecular formula is C20H25N3O3S. The number of sulfonamides is 1. The van der Waals surface area contributed by atoms with E-state index in [2.05, 4.69) is 16.5 Å². The van der Waals surface area contributed by atoms with Crippen LogP contribution in [0.2, 0.25) is 0 Å². The lowest BCUT2D eigenvalue weighted by Gasteiger charge is -2.23. The van der Waals surface area contributed by atoms with E-state index in [0.29, 0.717) is 24.0 Å². The van der Waals surface area contributed by atoms with Crippen LogP contribution in [0.1, 0.15) is 37.0 Å². The van der Waals surface area contributed by atoms with Gasteiger partial charge in [-0.2, -0.15) is 0 Å². The molecule has 0 aromatic heterocycles. The van der Waals surface area contributed by atoms with Crippen molar-refractivity contribution < 1.29 is 13.2 Å². The summed E-state index contributed by atoms with van der Waals surface area (Å²) in [5.41, 5.74) is 1.37. The first-order valence-electron chi connectivity index (χ1n) is 9.59. The van der Waals surface area contributed by atoms with Gasteiger partial charge in [0, 0.05) is 35.5 Å². The van der Waals surface area contributed by atoms with Crippen molar-refractivity contribution >= 4 is 32.4 Å². The standard InChI is InChI=1S/C20H25N3O3S/c1-3-22-12-6-7-14(22)13-21-27(25,26)18-11-10-17-19-15(18)8-5-9-16(19)20(24)23(17)4-2/h5,8-11,14,21H,3-4,6-7,12-13H2,1-2H3. The van der Waals surface area contributed by atoms with Crippen LogP contribution in [0.3, 0.4) is 0 Å². The molecule has 4 rings (SSSR count). The van der Waals surface area contributed by atoms with Crippen molar-refractivity contribution in [2.24, 2.45) is 0 Å². The third-order valence-electron chi connectivity index (χ3n) is 5.76. The molecule has 1 amide bonds. The van der Waals surface area contributed by atoms with Gasteiger partial charge in [-0.1, -0.05) is 19.1 Å². The average Bonchev–Trinajstić information content (AvgIpc) is 3.24. The van der Waals surface area contributed by atoms with Crippen LogP contribution in [-0.2, 0) is 10.0 Å². The quantitative estimate of drug-likeness (QED) is 0.827. The highest BCUT2D eigenvalue weighted by atomic mass is 32.2. The number of likely N-dealkylation sites (N-methyl/N-ethyl adjacent to an activating group) is 1. The van der Waals surface area contributed by atoms with E-state index in [1.165, 1.54) is 0 Å². The highest BCUT2D eigenvalue weighted by Gasteiger charge is 2.32. The molecule has 2 aliphatic rings. The number of hydrogen-bond acceptors (Lipinski definition) is 4.